The van der Waals surface area contributed by atoms with Gasteiger partial charge in [0.15, 0.2) is 0 Å². The van der Waals surface area contributed by atoms with E-state index in [0.29, 0.717) is 6.04 Å². The van der Waals surface area contributed by atoms with Gasteiger partial charge in [-0.15, -0.1) is 0 Å². The number of nitrogens with zero attached hydrogens (tertiary/aromatic N) is 4. The molecule has 2 aromatic rings. The maximum atomic E-state index is 4.75. The second-order valence-corrected chi connectivity index (χ2v) is 6.48. The van der Waals surface area contributed by atoms with Gasteiger partial charge in [0.1, 0.15) is 5.82 Å². The summed E-state index contributed by atoms with van der Waals surface area (Å²) >= 11 is 0. The molecule has 0 bridgehead atoms. The van der Waals surface area contributed by atoms with Gasteiger partial charge in [0.05, 0.1) is 0 Å². The van der Waals surface area contributed by atoms with Crippen molar-refractivity contribution >= 4 is 17.5 Å². The summed E-state index contributed by atoms with van der Waals surface area (Å²) in [5.74, 6) is 1.68. The zero-order chi connectivity index (χ0) is 16.4. The molecule has 0 spiro atoms. The van der Waals surface area contributed by atoms with Crippen LogP contribution >= 0.6 is 0 Å². The summed E-state index contributed by atoms with van der Waals surface area (Å²) in [6.07, 6.45) is 1.04. The van der Waals surface area contributed by atoms with Crippen LogP contribution < -0.4 is 10.2 Å². The van der Waals surface area contributed by atoms with Crippen molar-refractivity contribution in [1.29, 1.82) is 0 Å². The van der Waals surface area contributed by atoms with Crippen LogP contribution in [0.1, 0.15) is 18.2 Å². The van der Waals surface area contributed by atoms with E-state index in [4.69, 9.17) is 4.98 Å². The van der Waals surface area contributed by atoms with Crippen LogP contribution in [0, 0.1) is 6.92 Å². The van der Waals surface area contributed by atoms with Gasteiger partial charge in [-0.05, 0) is 46.0 Å². The Labute approximate surface area is 138 Å². The number of likely N-dealkylation sites (N-methyl/N-ethyl adjacent to an activating group) is 1. The van der Waals surface area contributed by atoms with E-state index < -0.39 is 0 Å². The number of fused-ring (bicyclic) bond motifs is 1. The third-order valence-electron chi connectivity index (χ3n) is 4.13. The summed E-state index contributed by atoms with van der Waals surface area (Å²) in [6, 6.07) is 10.9. The summed E-state index contributed by atoms with van der Waals surface area (Å²) in [4.78, 5) is 13.8. The third kappa shape index (κ3) is 3.45. The molecule has 0 fully saturated rings. The average molecular weight is 311 g/mol. The summed E-state index contributed by atoms with van der Waals surface area (Å²) in [5, 5.41) is 3.40. The van der Waals surface area contributed by atoms with Gasteiger partial charge in [-0.25, -0.2) is 4.98 Å². The molecule has 1 unspecified atom stereocenters. The van der Waals surface area contributed by atoms with Crippen molar-refractivity contribution in [3.63, 3.8) is 0 Å². The van der Waals surface area contributed by atoms with Gasteiger partial charge in [0, 0.05) is 36.6 Å². The molecule has 1 aromatic carbocycles. The molecule has 0 radical (unpaired) electrons. The minimum Gasteiger partial charge on any atom is -0.369 e. The fourth-order valence-electron chi connectivity index (χ4n) is 3.03. The van der Waals surface area contributed by atoms with E-state index in [9.17, 15) is 0 Å². The van der Waals surface area contributed by atoms with E-state index in [1.54, 1.807) is 0 Å². The Morgan fingerprint density at radius 2 is 2.04 bits per heavy atom. The lowest BCUT2D eigenvalue weighted by Gasteiger charge is -2.23. The molecule has 23 heavy (non-hydrogen) atoms. The van der Waals surface area contributed by atoms with Crippen LogP contribution in [-0.2, 0) is 6.42 Å². The molecule has 1 aromatic heterocycles. The molecule has 1 aliphatic heterocycles. The molecule has 2 heterocycles. The largest absolute Gasteiger partial charge is 0.369 e. The Bertz CT molecular complexity index is 683. The number of hydrogen-bond donors (Lipinski definition) is 1. The number of aromatic nitrogens is 2. The summed E-state index contributed by atoms with van der Waals surface area (Å²) in [5.41, 5.74) is 3.58. The minimum atomic E-state index is 0.379. The molecule has 0 saturated heterocycles. The molecule has 3 rings (SSSR count). The zero-order valence-electron chi connectivity index (χ0n) is 14.4. The van der Waals surface area contributed by atoms with Gasteiger partial charge in [0.2, 0.25) is 5.95 Å². The van der Waals surface area contributed by atoms with Crippen molar-refractivity contribution in [2.24, 2.45) is 0 Å². The van der Waals surface area contributed by atoms with Crippen molar-refractivity contribution in [3.8, 4) is 0 Å². The smallest absolute Gasteiger partial charge is 0.232 e. The van der Waals surface area contributed by atoms with E-state index in [1.807, 2.05) is 13.0 Å². The van der Waals surface area contributed by atoms with Crippen molar-refractivity contribution in [2.75, 3.05) is 37.4 Å². The maximum Gasteiger partial charge on any atom is 0.232 e. The second kappa shape index (κ2) is 6.54. The predicted octanol–water partition coefficient (Wildman–Crippen LogP) is 2.84. The predicted molar refractivity (Wildman–Crippen MR) is 95.6 cm³/mol. The van der Waals surface area contributed by atoms with Gasteiger partial charge in [-0.3, -0.25) is 0 Å². The number of anilines is 3. The highest BCUT2D eigenvalue weighted by atomic mass is 15.3. The van der Waals surface area contributed by atoms with E-state index in [-0.39, 0.29) is 0 Å². The number of hydrogen-bond acceptors (Lipinski definition) is 5. The Balaban J connectivity index is 1.86. The third-order valence-corrected chi connectivity index (χ3v) is 4.13. The summed E-state index contributed by atoms with van der Waals surface area (Å²) in [6.45, 7) is 6.09. The molecule has 122 valence electrons. The lowest BCUT2D eigenvalue weighted by molar-refractivity contribution is 0.425. The SMILES string of the molecule is Cc1cc(NCCN(C)C)nc(N2c3ccccc3CC2C)n1. The number of para-hydroxylation sites is 1. The Morgan fingerprint density at radius 1 is 1.26 bits per heavy atom. The quantitative estimate of drug-likeness (QED) is 0.920. The Hall–Kier alpha value is -2.14. The van der Waals surface area contributed by atoms with Crippen LogP contribution in [0.25, 0.3) is 0 Å². The first-order valence-corrected chi connectivity index (χ1v) is 8.16. The number of rotatable bonds is 5. The Morgan fingerprint density at radius 3 is 2.83 bits per heavy atom. The average Bonchev–Trinajstić information content (AvgIpc) is 2.82. The first-order chi connectivity index (χ1) is 11.0. The highest BCUT2D eigenvalue weighted by molar-refractivity contribution is 5.67. The number of nitrogens with one attached hydrogen (secondary N) is 1. The van der Waals surface area contributed by atoms with E-state index in [2.05, 4.69) is 65.4 Å². The number of aryl methyl sites for hydroxylation is 1. The minimum absolute atomic E-state index is 0.379. The molecule has 0 amide bonds. The van der Waals surface area contributed by atoms with Crippen LogP contribution in [0.4, 0.5) is 17.5 Å². The second-order valence-electron chi connectivity index (χ2n) is 6.48. The van der Waals surface area contributed by atoms with Crippen LogP contribution in [0.3, 0.4) is 0 Å². The topological polar surface area (TPSA) is 44.3 Å². The van der Waals surface area contributed by atoms with E-state index >= 15 is 0 Å². The Kier molecular flexibility index (Phi) is 4.48. The van der Waals surface area contributed by atoms with E-state index in [0.717, 1.165) is 37.0 Å². The standard InChI is InChI=1S/C18H25N5/c1-13-11-17(19-9-10-22(3)4)21-18(20-13)23-14(2)12-15-7-5-6-8-16(15)23/h5-8,11,14H,9-10,12H2,1-4H3,(H,19,20,21). The highest BCUT2D eigenvalue weighted by Crippen LogP contribution is 2.36. The summed E-state index contributed by atoms with van der Waals surface area (Å²) in [7, 11) is 4.14. The van der Waals surface area contributed by atoms with Gasteiger partial charge in [-0.1, -0.05) is 18.2 Å². The molecule has 5 heteroatoms. The molecule has 5 nitrogen and oxygen atoms in total. The fraction of sp³-hybridized carbons (Fsp3) is 0.444. The van der Waals surface area contributed by atoms with Crippen LogP contribution in [-0.4, -0.2) is 48.1 Å². The monoisotopic (exact) mass is 311 g/mol. The normalized spacial score (nSPS) is 16.7. The van der Waals surface area contributed by atoms with Gasteiger partial charge < -0.3 is 15.1 Å². The van der Waals surface area contributed by atoms with Crippen molar-refractivity contribution in [2.45, 2.75) is 26.3 Å². The van der Waals surface area contributed by atoms with Crippen molar-refractivity contribution < 1.29 is 0 Å². The zero-order valence-corrected chi connectivity index (χ0v) is 14.4. The van der Waals surface area contributed by atoms with Gasteiger partial charge in [0.25, 0.3) is 0 Å². The van der Waals surface area contributed by atoms with Crippen LogP contribution in [0.5, 0.6) is 0 Å². The fourth-order valence-corrected chi connectivity index (χ4v) is 3.03. The van der Waals surface area contributed by atoms with Gasteiger partial charge >= 0.3 is 0 Å². The molecule has 1 N–H and O–H groups in total. The first kappa shape index (κ1) is 15.7. The van der Waals surface area contributed by atoms with E-state index in [1.165, 1.54) is 11.3 Å². The van der Waals surface area contributed by atoms with Gasteiger partial charge in [-0.2, -0.15) is 4.98 Å². The molecule has 1 aliphatic rings. The summed E-state index contributed by atoms with van der Waals surface area (Å²) < 4.78 is 0. The van der Waals surface area contributed by atoms with Crippen molar-refractivity contribution in [1.82, 2.24) is 14.9 Å². The van der Waals surface area contributed by atoms with Crippen molar-refractivity contribution in [3.05, 3.63) is 41.6 Å². The molecule has 1 atom stereocenters. The molecule has 0 saturated carbocycles. The first-order valence-electron chi connectivity index (χ1n) is 8.16. The molecular formula is C18H25N5. The van der Waals surface area contributed by atoms with Crippen LogP contribution in [0.2, 0.25) is 0 Å². The van der Waals surface area contributed by atoms with Crippen LogP contribution in [0.15, 0.2) is 30.3 Å². The highest BCUT2D eigenvalue weighted by Gasteiger charge is 2.28. The molecule has 0 aliphatic carbocycles. The lowest BCUT2D eigenvalue weighted by Crippen LogP contribution is -2.27. The maximum absolute atomic E-state index is 4.75. The number of benzene rings is 1. The lowest BCUT2D eigenvalue weighted by atomic mass is 10.1. The molecular weight excluding hydrogens is 286 g/mol.